The first-order valence-corrected chi connectivity index (χ1v) is 7.89. The molecule has 5 nitrogen and oxygen atoms in total. The molecule has 5 heteroatoms. The fraction of sp³-hybridized carbons (Fsp3) is 0.529. The van der Waals surface area contributed by atoms with Crippen molar-refractivity contribution in [1.29, 1.82) is 0 Å². The van der Waals surface area contributed by atoms with Crippen molar-refractivity contribution in [2.45, 2.75) is 51.8 Å². The Morgan fingerprint density at radius 1 is 1.36 bits per heavy atom. The lowest BCUT2D eigenvalue weighted by atomic mass is 10.2. The van der Waals surface area contributed by atoms with Crippen molar-refractivity contribution in [2.24, 2.45) is 0 Å². The van der Waals surface area contributed by atoms with E-state index in [0.717, 1.165) is 18.4 Å². The molecular formula is C17H24N2O3. The first-order valence-electron chi connectivity index (χ1n) is 7.89. The van der Waals surface area contributed by atoms with Crippen LogP contribution >= 0.6 is 0 Å². The van der Waals surface area contributed by atoms with Gasteiger partial charge in [0.2, 0.25) is 5.91 Å². The van der Waals surface area contributed by atoms with Crippen LogP contribution in [0.1, 0.15) is 38.7 Å². The second-order valence-electron chi connectivity index (χ2n) is 5.71. The summed E-state index contributed by atoms with van der Waals surface area (Å²) in [6, 6.07) is 9.26. The highest BCUT2D eigenvalue weighted by molar-refractivity contribution is 5.86. The maximum absolute atomic E-state index is 12.2. The van der Waals surface area contributed by atoms with Crippen molar-refractivity contribution >= 4 is 12.0 Å². The molecule has 1 saturated heterocycles. The SMILES string of the molecule is CC[C@H](C)NC(=O)[C@H]1CCCN1C(=O)OCc1ccccc1. The Hall–Kier alpha value is -2.04. The molecule has 1 aliphatic rings. The smallest absolute Gasteiger partial charge is 0.410 e. The fourth-order valence-electron chi connectivity index (χ4n) is 2.50. The molecule has 2 rings (SSSR count). The summed E-state index contributed by atoms with van der Waals surface area (Å²) in [6.45, 7) is 4.79. The number of likely N-dealkylation sites (tertiary alicyclic amines) is 1. The molecule has 1 aromatic rings. The monoisotopic (exact) mass is 304 g/mol. The zero-order chi connectivity index (χ0) is 15.9. The fourth-order valence-corrected chi connectivity index (χ4v) is 2.50. The van der Waals surface area contributed by atoms with E-state index in [1.165, 1.54) is 0 Å². The van der Waals surface area contributed by atoms with E-state index in [4.69, 9.17) is 4.74 Å². The van der Waals surface area contributed by atoms with Gasteiger partial charge in [-0.25, -0.2) is 4.79 Å². The van der Waals surface area contributed by atoms with E-state index in [2.05, 4.69) is 5.32 Å². The molecule has 0 radical (unpaired) electrons. The summed E-state index contributed by atoms with van der Waals surface area (Å²) >= 11 is 0. The number of nitrogens with one attached hydrogen (secondary N) is 1. The second kappa shape index (κ2) is 7.82. The Balaban J connectivity index is 1.89. The van der Waals surface area contributed by atoms with Gasteiger partial charge in [0.25, 0.3) is 0 Å². The van der Waals surface area contributed by atoms with Crippen molar-refractivity contribution in [3.05, 3.63) is 35.9 Å². The predicted molar refractivity (Wildman–Crippen MR) is 84.3 cm³/mol. The number of rotatable bonds is 5. The van der Waals surface area contributed by atoms with E-state index in [0.29, 0.717) is 13.0 Å². The quantitative estimate of drug-likeness (QED) is 0.910. The summed E-state index contributed by atoms with van der Waals surface area (Å²) in [5.41, 5.74) is 0.940. The van der Waals surface area contributed by atoms with Gasteiger partial charge in [-0.1, -0.05) is 37.3 Å². The van der Waals surface area contributed by atoms with Gasteiger partial charge >= 0.3 is 6.09 Å². The molecule has 0 aliphatic carbocycles. The maximum Gasteiger partial charge on any atom is 0.410 e. The Kier molecular flexibility index (Phi) is 5.81. The van der Waals surface area contributed by atoms with Crippen LogP contribution in [0.5, 0.6) is 0 Å². The van der Waals surface area contributed by atoms with Crippen molar-refractivity contribution < 1.29 is 14.3 Å². The average molecular weight is 304 g/mol. The molecule has 22 heavy (non-hydrogen) atoms. The summed E-state index contributed by atoms with van der Waals surface area (Å²) in [7, 11) is 0. The molecule has 0 spiro atoms. The van der Waals surface area contributed by atoms with Gasteiger partial charge in [0.1, 0.15) is 12.6 Å². The minimum Gasteiger partial charge on any atom is -0.445 e. The minimum absolute atomic E-state index is 0.0801. The molecule has 0 saturated carbocycles. The lowest BCUT2D eigenvalue weighted by Crippen LogP contribution is -2.48. The standard InChI is InChI=1S/C17H24N2O3/c1-3-13(2)18-16(20)15-10-7-11-19(15)17(21)22-12-14-8-5-4-6-9-14/h4-6,8-9,13,15H,3,7,10-12H2,1-2H3,(H,18,20)/t13-,15+/m0/s1. The number of nitrogens with zero attached hydrogens (tertiary/aromatic N) is 1. The third-order valence-corrected chi connectivity index (χ3v) is 4.00. The van der Waals surface area contributed by atoms with Crippen LogP contribution in [0, 0.1) is 0 Å². The minimum atomic E-state index is -0.411. The van der Waals surface area contributed by atoms with E-state index in [9.17, 15) is 9.59 Å². The van der Waals surface area contributed by atoms with Crippen LogP contribution in [0.4, 0.5) is 4.79 Å². The molecule has 1 fully saturated rings. The Bertz CT molecular complexity index is 504. The number of ether oxygens (including phenoxy) is 1. The maximum atomic E-state index is 12.2. The summed E-state index contributed by atoms with van der Waals surface area (Å²) in [5, 5.41) is 2.94. The van der Waals surface area contributed by atoms with Crippen molar-refractivity contribution in [3.8, 4) is 0 Å². The Labute approximate surface area is 131 Å². The third-order valence-electron chi connectivity index (χ3n) is 4.00. The van der Waals surface area contributed by atoms with Crippen LogP contribution < -0.4 is 5.32 Å². The first-order chi connectivity index (χ1) is 10.6. The van der Waals surface area contributed by atoms with E-state index in [1.807, 2.05) is 44.2 Å². The summed E-state index contributed by atoms with van der Waals surface area (Å²) in [5.74, 6) is -0.0801. The summed E-state index contributed by atoms with van der Waals surface area (Å²) in [6.07, 6.45) is 1.99. The molecule has 2 amide bonds. The highest BCUT2D eigenvalue weighted by Crippen LogP contribution is 2.19. The summed E-state index contributed by atoms with van der Waals surface area (Å²) < 4.78 is 5.33. The van der Waals surface area contributed by atoms with E-state index < -0.39 is 12.1 Å². The van der Waals surface area contributed by atoms with Crippen molar-refractivity contribution in [3.63, 3.8) is 0 Å². The van der Waals surface area contributed by atoms with Gasteiger partial charge < -0.3 is 10.1 Å². The normalized spacial score (nSPS) is 18.8. The molecule has 1 aromatic carbocycles. The molecule has 0 aromatic heterocycles. The molecule has 1 heterocycles. The molecular weight excluding hydrogens is 280 g/mol. The number of hydrogen-bond donors (Lipinski definition) is 1. The number of benzene rings is 1. The molecule has 2 atom stereocenters. The zero-order valence-electron chi connectivity index (χ0n) is 13.2. The topological polar surface area (TPSA) is 58.6 Å². The van der Waals surface area contributed by atoms with Crippen LogP contribution in [0.2, 0.25) is 0 Å². The van der Waals surface area contributed by atoms with Gasteiger partial charge in [0, 0.05) is 12.6 Å². The molecule has 1 aliphatic heterocycles. The van der Waals surface area contributed by atoms with E-state index in [-0.39, 0.29) is 18.6 Å². The lowest BCUT2D eigenvalue weighted by Gasteiger charge is -2.24. The van der Waals surface area contributed by atoms with E-state index in [1.54, 1.807) is 4.90 Å². The number of hydrogen-bond acceptors (Lipinski definition) is 3. The highest BCUT2D eigenvalue weighted by atomic mass is 16.6. The number of carbonyl (C=O) groups excluding carboxylic acids is 2. The van der Waals surface area contributed by atoms with Crippen LogP contribution in [0.3, 0.4) is 0 Å². The van der Waals surface area contributed by atoms with Gasteiger partial charge in [0.15, 0.2) is 0 Å². The second-order valence-corrected chi connectivity index (χ2v) is 5.71. The van der Waals surface area contributed by atoms with Crippen molar-refractivity contribution in [1.82, 2.24) is 10.2 Å². The van der Waals surface area contributed by atoms with Crippen molar-refractivity contribution in [2.75, 3.05) is 6.54 Å². The van der Waals surface area contributed by atoms with Crippen LogP contribution in [0.15, 0.2) is 30.3 Å². The first kappa shape index (κ1) is 16.3. The van der Waals surface area contributed by atoms with Crippen LogP contribution in [0.25, 0.3) is 0 Å². The van der Waals surface area contributed by atoms with Gasteiger partial charge in [-0.05, 0) is 31.7 Å². The molecule has 120 valence electrons. The van der Waals surface area contributed by atoms with Gasteiger partial charge in [-0.3, -0.25) is 9.69 Å². The van der Waals surface area contributed by atoms with Crippen LogP contribution in [-0.4, -0.2) is 35.5 Å². The molecule has 0 bridgehead atoms. The van der Waals surface area contributed by atoms with Gasteiger partial charge in [0.05, 0.1) is 0 Å². The van der Waals surface area contributed by atoms with Gasteiger partial charge in [-0.15, -0.1) is 0 Å². The third kappa shape index (κ3) is 4.23. The van der Waals surface area contributed by atoms with E-state index >= 15 is 0 Å². The highest BCUT2D eigenvalue weighted by Gasteiger charge is 2.35. The zero-order valence-corrected chi connectivity index (χ0v) is 13.2. The Morgan fingerprint density at radius 2 is 2.09 bits per heavy atom. The largest absolute Gasteiger partial charge is 0.445 e. The molecule has 0 unspecified atom stereocenters. The number of amides is 2. The van der Waals surface area contributed by atoms with Crippen LogP contribution in [-0.2, 0) is 16.1 Å². The number of carbonyl (C=O) groups is 2. The van der Waals surface area contributed by atoms with Gasteiger partial charge in [-0.2, -0.15) is 0 Å². The average Bonchev–Trinajstić information content (AvgIpc) is 3.03. The molecule has 1 N–H and O–H groups in total. The lowest BCUT2D eigenvalue weighted by molar-refractivity contribution is -0.125. The summed E-state index contributed by atoms with van der Waals surface area (Å²) in [4.78, 5) is 26.0. The predicted octanol–water partition coefficient (Wildman–Crippen LogP) is 2.70. The Morgan fingerprint density at radius 3 is 2.77 bits per heavy atom.